The first-order chi connectivity index (χ1) is 12.2. The molecule has 3 rings (SSSR count). The van der Waals surface area contributed by atoms with Crippen molar-refractivity contribution in [1.82, 2.24) is 4.57 Å². The van der Waals surface area contributed by atoms with Crippen molar-refractivity contribution in [2.45, 2.75) is 19.9 Å². The van der Waals surface area contributed by atoms with Gasteiger partial charge in [0.05, 0.1) is 0 Å². The van der Waals surface area contributed by atoms with E-state index in [0.717, 1.165) is 12.1 Å². The van der Waals surface area contributed by atoms with E-state index in [-0.39, 0.29) is 0 Å². The third-order valence-electron chi connectivity index (χ3n) is 4.29. The molecule has 0 saturated carbocycles. The van der Waals surface area contributed by atoms with Gasteiger partial charge in [-0.25, -0.2) is 4.79 Å². The lowest BCUT2D eigenvalue weighted by atomic mass is 9.99. The number of hydrogen-bond acceptors (Lipinski definition) is 1. The Morgan fingerprint density at radius 3 is 2.44 bits per heavy atom. The smallest absolute Gasteiger partial charge is 0.328 e. The molecule has 1 heterocycles. The fourth-order valence-corrected chi connectivity index (χ4v) is 3.06. The summed E-state index contributed by atoms with van der Waals surface area (Å²) in [6.45, 7) is 2.82. The Kier molecular flexibility index (Phi) is 5.14. The highest BCUT2D eigenvalue weighted by Crippen LogP contribution is 2.25. The van der Waals surface area contributed by atoms with Gasteiger partial charge in [0.15, 0.2) is 0 Å². The summed E-state index contributed by atoms with van der Waals surface area (Å²) in [5.74, 6) is -0.935. The molecule has 3 nitrogen and oxygen atoms in total. The van der Waals surface area contributed by atoms with E-state index in [9.17, 15) is 4.79 Å². The van der Waals surface area contributed by atoms with Crippen molar-refractivity contribution in [1.29, 1.82) is 0 Å². The number of aromatic nitrogens is 1. The van der Waals surface area contributed by atoms with Crippen molar-refractivity contribution < 1.29 is 9.90 Å². The SMILES string of the molecule is CCc1ccc(/C=C/C(=O)O)n1Cc1ccccc1-c1ccccc1. The normalized spacial score (nSPS) is 11.1. The van der Waals surface area contributed by atoms with Gasteiger partial charge in [-0.1, -0.05) is 61.5 Å². The van der Waals surface area contributed by atoms with Crippen LogP contribution in [0.2, 0.25) is 0 Å². The maximum Gasteiger partial charge on any atom is 0.328 e. The Morgan fingerprint density at radius 2 is 1.72 bits per heavy atom. The number of aryl methyl sites for hydroxylation is 1. The van der Waals surface area contributed by atoms with Gasteiger partial charge in [0.2, 0.25) is 0 Å². The standard InChI is InChI=1S/C22H21NO2/c1-2-19-12-13-20(14-15-22(24)25)23(19)16-18-10-6-7-11-21(18)17-8-4-3-5-9-17/h3-15H,2,16H2,1H3,(H,24,25)/b15-14+. The molecule has 0 atom stereocenters. The maximum atomic E-state index is 10.9. The minimum Gasteiger partial charge on any atom is -0.478 e. The third kappa shape index (κ3) is 3.89. The van der Waals surface area contributed by atoms with Crippen molar-refractivity contribution in [3.05, 3.63) is 89.8 Å². The predicted octanol–water partition coefficient (Wildman–Crippen LogP) is 4.86. The molecular weight excluding hydrogens is 310 g/mol. The number of aliphatic carboxylic acids is 1. The van der Waals surface area contributed by atoms with Crippen LogP contribution in [0.4, 0.5) is 0 Å². The zero-order chi connectivity index (χ0) is 17.6. The largest absolute Gasteiger partial charge is 0.478 e. The maximum absolute atomic E-state index is 10.9. The second kappa shape index (κ2) is 7.67. The fourth-order valence-electron chi connectivity index (χ4n) is 3.06. The van der Waals surface area contributed by atoms with Crippen molar-refractivity contribution in [2.24, 2.45) is 0 Å². The lowest BCUT2D eigenvalue weighted by Gasteiger charge is -2.15. The van der Waals surface area contributed by atoms with Gasteiger partial charge in [-0.3, -0.25) is 0 Å². The lowest BCUT2D eigenvalue weighted by molar-refractivity contribution is -0.131. The Balaban J connectivity index is 2.01. The molecule has 0 spiro atoms. The number of hydrogen-bond donors (Lipinski definition) is 1. The van der Waals surface area contributed by atoms with Crippen LogP contribution in [0.3, 0.4) is 0 Å². The molecule has 25 heavy (non-hydrogen) atoms. The second-order valence-electron chi connectivity index (χ2n) is 5.88. The minimum absolute atomic E-state index is 0.709. The van der Waals surface area contributed by atoms with E-state index in [4.69, 9.17) is 5.11 Å². The summed E-state index contributed by atoms with van der Waals surface area (Å²) in [7, 11) is 0. The number of nitrogens with zero attached hydrogens (tertiary/aromatic N) is 1. The van der Waals surface area contributed by atoms with Crippen molar-refractivity contribution in [2.75, 3.05) is 0 Å². The summed E-state index contributed by atoms with van der Waals surface area (Å²) in [5, 5.41) is 8.92. The Labute approximate surface area is 147 Å². The van der Waals surface area contributed by atoms with Gasteiger partial charge in [-0.2, -0.15) is 0 Å². The molecule has 3 heteroatoms. The van der Waals surface area contributed by atoms with Crippen LogP contribution in [-0.2, 0) is 17.8 Å². The second-order valence-corrected chi connectivity index (χ2v) is 5.88. The van der Waals surface area contributed by atoms with Crippen LogP contribution < -0.4 is 0 Å². The van der Waals surface area contributed by atoms with E-state index in [1.807, 2.05) is 36.4 Å². The Hall–Kier alpha value is -3.07. The van der Waals surface area contributed by atoms with E-state index < -0.39 is 5.97 Å². The monoisotopic (exact) mass is 331 g/mol. The number of benzene rings is 2. The van der Waals surface area contributed by atoms with Crippen LogP contribution in [0.25, 0.3) is 17.2 Å². The molecule has 0 saturated heterocycles. The van der Waals surface area contributed by atoms with E-state index in [2.05, 4.69) is 41.8 Å². The highest BCUT2D eigenvalue weighted by Gasteiger charge is 2.10. The van der Waals surface area contributed by atoms with Crippen LogP contribution in [0.15, 0.2) is 72.8 Å². The summed E-state index contributed by atoms with van der Waals surface area (Å²) in [4.78, 5) is 10.9. The van der Waals surface area contributed by atoms with Gasteiger partial charge < -0.3 is 9.67 Å². The Morgan fingerprint density at radius 1 is 1.00 bits per heavy atom. The van der Waals surface area contributed by atoms with Crippen LogP contribution in [0, 0.1) is 0 Å². The van der Waals surface area contributed by atoms with Gasteiger partial charge in [0.1, 0.15) is 0 Å². The average molecular weight is 331 g/mol. The van der Waals surface area contributed by atoms with Gasteiger partial charge in [-0.15, -0.1) is 0 Å². The number of rotatable bonds is 6. The molecule has 0 aliphatic heterocycles. The molecule has 1 N–H and O–H groups in total. The topological polar surface area (TPSA) is 42.2 Å². The zero-order valence-electron chi connectivity index (χ0n) is 14.2. The molecule has 0 aliphatic carbocycles. The minimum atomic E-state index is -0.935. The van der Waals surface area contributed by atoms with Gasteiger partial charge in [0, 0.05) is 24.0 Å². The third-order valence-corrected chi connectivity index (χ3v) is 4.29. The van der Waals surface area contributed by atoms with Crippen molar-refractivity contribution in [3.8, 4) is 11.1 Å². The molecule has 3 aromatic rings. The Bertz CT molecular complexity index is 891. The summed E-state index contributed by atoms with van der Waals surface area (Å²) in [5.41, 5.74) is 5.69. The summed E-state index contributed by atoms with van der Waals surface area (Å²) in [6.07, 6.45) is 3.75. The first kappa shape index (κ1) is 16.8. The molecule has 0 aliphatic rings. The van der Waals surface area contributed by atoms with E-state index in [1.165, 1.54) is 28.5 Å². The van der Waals surface area contributed by atoms with E-state index >= 15 is 0 Å². The molecule has 0 fully saturated rings. The molecule has 2 aromatic carbocycles. The molecule has 0 bridgehead atoms. The number of carboxylic acid groups (broad SMARTS) is 1. The number of carbonyl (C=O) groups is 1. The average Bonchev–Trinajstić information content (AvgIpc) is 3.03. The first-order valence-corrected chi connectivity index (χ1v) is 8.41. The molecule has 0 radical (unpaired) electrons. The molecule has 1 aromatic heterocycles. The van der Waals surface area contributed by atoms with Gasteiger partial charge >= 0.3 is 5.97 Å². The summed E-state index contributed by atoms with van der Waals surface area (Å²) < 4.78 is 2.18. The molecule has 0 unspecified atom stereocenters. The predicted molar refractivity (Wildman–Crippen MR) is 101 cm³/mol. The van der Waals surface area contributed by atoms with Crippen LogP contribution in [0.5, 0.6) is 0 Å². The van der Waals surface area contributed by atoms with Crippen LogP contribution >= 0.6 is 0 Å². The highest BCUT2D eigenvalue weighted by atomic mass is 16.4. The van der Waals surface area contributed by atoms with Crippen LogP contribution in [0.1, 0.15) is 23.9 Å². The molecule has 126 valence electrons. The van der Waals surface area contributed by atoms with Crippen molar-refractivity contribution in [3.63, 3.8) is 0 Å². The van der Waals surface area contributed by atoms with E-state index in [1.54, 1.807) is 6.08 Å². The summed E-state index contributed by atoms with van der Waals surface area (Å²) in [6, 6.07) is 22.7. The zero-order valence-corrected chi connectivity index (χ0v) is 14.2. The van der Waals surface area contributed by atoms with E-state index in [0.29, 0.717) is 6.54 Å². The lowest BCUT2D eigenvalue weighted by Crippen LogP contribution is -2.07. The molecule has 0 amide bonds. The van der Waals surface area contributed by atoms with Crippen molar-refractivity contribution >= 4 is 12.0 Å². The summed E-state index contributed by atoms with van der Waals surface area (Å²) >= 11 is 0. The van der Waals surface area contributed by atoms with Gasteiger partial charge in [-0.05, 0) is 41.3 Å². The highest BCUT2D eigenvalue weighted by molar-refractivity contribution is 5.85. The van der Waals surface area contributed by atoms with Gasteiger partial charge in [0.25, 0.3) is 0 Å². The number of carboxylic acids is 1. The van der Waals surface area contributed by atoms with Crippen LogP contribution in [-0.4, -0.2) is 15.6 Å². The quantitative estimate of drug-likeness (QED) is 0.655. The molecular formula is C22H21NO2. The first-order valence-electron chi connectivity index (χ1n) is 8.41. The fraction of sp³-hybridized carbons (Fsp3) is 0.136.